The Hall–Kier alpha value is -8.38. The van der Waals surface area contributed by atoms with E-state index in [2.05, 4.69) is 132 Å². The zero-order valence-corrected chi connectivity index (χ0v) is 49.7. The Kier molecular flexibility index (Phi) is 19.7. The SMILES string of the molecule is Cc1cc2c(cc1C)OCCO2.Cc1cc2c(cc1C)OCO2.Cc1cc2ccccc2cc1C.Cc1ccc2c(c1C)OCCO2.Cc1ccc2c(c1C)OCCO2.Cc1ccc2c(c1C)OCO2.Cc1ccc2c(c1C)OCO2. The van der Waals surface area contributed by atoms with E-state index in [9.17, 15) is 0 Å². The van der Waals surface area contributed by atoms with E-state index in [1.807, 2.05) is 74.5 Å². The second-order valence-electron chi connectivity index (χ2n) is 20.7. The molecule has 0 saturated heterocycles. The molecule has 0 amide bonds. The van der Waals surface area contributed by atoms with Crippen LogP contribution in [-0.4, -0.2) is 60.0 Å². The zero-order chi connectivity index (χ0) is 57.7. The van der Waals surface area contributed by atoms with Gasteiger partial charge in [0.05, 0.1) is 0 Å². The van der Waals surface area contributed by atoms with Crippen molar-refractivity contribution in [2.45, 2.75) is 96.9 Å². The maximum absolute atomic E-state index is 5.51. The molecule has 6 aliphatic rings. The molecule has 0 atom stereocenters. The van der Waals surface area contributed by atoms with Crippen molar-refractivity contribution >= 4 is 10.8 Å². The normalized spacial score (nSPS) is 13.6. The van der Waals surface area contributed by atoms with E-state index in [4.69, 9.17) is 56.8 Å². The van der Waals surface area contributed by atoms with Gasteiger partial charge in [-0.1, -0.05) is 60.7 Å². The first kappa shape index (κ1) is 58.8. The van der Waals surface area contributed by atoms with E-state index in [0.29, 0.717) is 60.0 Å². The highest BCUT2D eigenvalue weighted by Crippen LogP contribution is 2.40. The molecule has 8 aromatic carbocycles. The van der Waals surface area contributed by atoms with Gasteiger partial charge in [-0.15, -0.1) is 0 Å². The minimum absolute atomic E-state index is 0.359. The Morgan fingerprint density at radius 1 is 0.210 bits per heavy atom. The van der Waals surface area contributed by atoms with E-state index < -0.39 is 0 Å². The second-order valence-corrected chi connectivity index (χ2v) is 20.7. The van der Waals surface area contributed by atoms with Crippen molar-refractivity contribution in [3.05, 3.63) is 187 Å². The number of ether oxygens (including phenoxy) is 12. The zero-order valence-electron chi connectivity index (χ0n) is 49.7. The number of aryl methyl sites for hydroxylation is 10. The summed E-state index contributed by atoms with van der Waals surface area (Å²) in [4.78, 5) is 0. The molecule has 0 aromatic heterocycles. The summed E-state index contributed by atoms with van der Waals surface area (Å²) < 4.78 is 64.2. The van der Waals surface area contributed by atoms with Crippen molar-refractivity contribution in [1.29, 1.82) is 0 Å². The predicted molar refractivity (Wildman–Crippen MR) is 320 cm³/mol. The van der Waals surface area contributed by atoms with Gasteiger partial charge in [-0.05, 0) is 234 Å². The fraction of sp³-hybridized carbons (Fsp3) is 0.333. The van der Waals surface area contributed by atoms with Crippen molar-refractivity contribution in [3.63, 3.8) is 0 Å². The Morgan fingerprint density at radius 2 is 0.444 bits per heavy atom. The molecule has 14 rings (SSSR count). The highest BCUT2D eigenvalue weighted by molar-refractivity contribution is 5.84. The van der Waals surface area contributed by atoms with Crippen LogP contribution in [0, 0.1) is 96.9 Å². The number of rotatable bonds is 0. The largest absolute Gasteiger partial charge is 0.486 e. The first-order chi connectivity index (χ1) is 39.0. The number of hydrogen-bond acceptors (Lipinski definition) is 12. The van der Waals surface area contributed by atoms with E-state index in [0.717, 1.165) is 69.0 Å². The molecule has 0 saturated carbocycles. The van der Waals surface area contributed by atoms with Gasteiger partial charge < -0.3 is 56.8 Å². The molecule has 12 nitrogen and oxygen atoms in total. The van der Waals surface area contributed by atoms with Crippen LogP contribution in [-0.2, 0) is 0 Å². The first-order valence-corrected chi connectivity index (χ1v) is 27.6. The van der Waals surface area contributed by atoms with Crippen LogP contribution in [0.1, 0.15) is 77.9 Å². The lowest BCUT2D eigenvalue weighted by atomic mass is 10.0. The average Bonchev–Trinajstić information content (AvgIpc) is 4.33. The first-order valence-electron chi connectivity index (χ1n) is 27.6. The molecular weight excluding hydrogens is 1020 g/mol. The van der Waals surface area contributed by atoms with Crippen LogP contribution < -0.4 is 56.8 Å². The lowest BCUT2D eigenvalue weighted by Crippen LogP contribution is -2.16. The molecule has 81 heavy (non-hydrogen) atoms. The molecule has 12 heteroatoms. The van der Waals surface area contributed by atoms with Crippen LogP contribution in [0.4, 0.5) is 0 Å². The van der Waals surface area contributed by atoms with Crippen LogP contribution in [0.3, 0.4) is 0 Å². The van der Waals surface area contributed by atoms with Crippen molar-refractivity contribution in [2.24, 2.45) is 0 Å². The quantitative estimate of drug-likeness (QED) is 0.144. The molecule has 0 radical (unpaired) electrons. The summed E-state index contributed by atoms with van der Waals surface area (Å²) in [5, 5.41) is 2.67. The summed E-state index contributed by atoms with van der Waals surface area (Å²) in [6.07, 6.45) is 0. The summed E-state index contributed by atoms with van der Waals surface area (Å²) in [6, 6.07) is 37.1. The van der Waals surface area contributed by atoms with Gasteiger partial charge in [-0.25, -0.2) is 0 Å². The molecule has 8 aromatic rings. The molecule has 426 valence electrons. The summed E-state index contributed by atoms with van der Waals surface area (Å²) in [7, 11) is 0. The summed E-state index contributed by atoms with van der Waals surface area (Å²) in [5.74, 6) is 10.6. The van der Waals surface area contributed by atoms with Gasteiger partial charge in [0, 0.05) is 0 Å². The number of hydrogen-bond donors (Lipinski definition) is 0. The van der Waals surface area contributed by atoms with Crippen molar-refractivity contribution < 1.29 is 56.8 Å². The van der Waals surface area contributed by atoms with E-state index in [-0.39, 0.29) is 0 Å². The smallest absolute Gasteiger partial charge is 0.231 e. The third kappa shape index (κ3) is 14.7. The van der Waals surface area contributed by atoms with Gasteiger partial charge in [0.15, 0.2) is 69.0 Å². The van der Waals surface area contributed by atoms with E-state index >= 15 is 0 Å². The van der Waals surface area contributed by atoms with Gasteiger partial charge >= 0.3 is 0 Å². The topological polar surface area (TPSA) is 111 Å². The molecule has 0 N–H and O–H groups in total. The second kappa shape index (κ2) is 27.2. The molecule has 0 unspecified atom stereocenters. The van der Waals surface area contributed by atoms with Gasteiger partial charge in [-0.3, -0.25) is 0 Å². The highest BCUT2D eigenvalue weighted by atomic mass is 16.7. The summed E-state index contributed by atoms with van der Waals surface area (Å²) >= 11 is 0. The maximum atomic E-state index is 5.51. The summed E-state index contributed by atoms with van der Waals surface area (Å²) in [6.45, 7) is 34.1. The van der Waals surface area contributed by atoms with Crippen LogP contribution in [0.2, 0.25) is 0 Å². The summed E-state index contributed by atoms with van der Waals surface area (Å²) in [5.41, 5.74) is 17.4. The molecule has 0 fully saturated rings. The van der Waals surface area contributed by atoms with E-state index in [1.165, 1.54) is 88.7 Å². The third-order valence-corrected chi connectivity index (χ3v) is 15.1. The lowest BCUT2D eigenvalue weighted by molar-refractivity contribution is 0.170. The minimum Gasteiger partial charge on any atom is -0.486 e. The minimum atomic E-state index is 0.359. The standard InChI is InChI=1S/C12H12.3C10H12O2.3C9H10O2/c1-9-7-11-5-3-4-6-12(11)8-10(9)2;1-7-5-9-10(6-8(7)2)12-4-3-11-9;2*1-7-3-4-9-10(8(7)2)12-6-5-11-9;1-6-3-8-9(4-7(6)2)11-5-10-8;2*1-6-3-4-8-9(7(6)2)11-5-10-8/h3-8H,1-2H3;5-6H,3-4H2,1-2H3;2*3-4H,5-6H2,1-2H3;3*3-4H,5H2,1-2H3. The fourth-order valence-corrected chi connectivity index (χ4v) is 9.03. The average molecular weight is 1100 g/mol. The third-order valence-electron chi connectivity index (χ3n) is 15.1. The van der Waals surface area contributed by atoms with Crippen molar-refractivity contribution in [2.75, 3.05) is 60.0 Å². The number of fused-ring (bicyclic) bond motifs is 7. The molecule has 0 spiro atoms. The number of benzene rings is 8. The Labute approximate surface area is 478 Å². The lowest BCUT2D eigenvalue weighted by Gasteiger charge is -2.20. The fourth-order valence-electron chi connectivity index (χ4n) is 9.03. The van der Waals surface area contributed by atoms with Crippen molar-refractivity contribution in [1.82, 2.24) is 0 Å². The van der Waals surface area contributed by atoms with Crippen molar-refractivity contribution in [3.8, 4) is 69.0 Å². The predicted octanol–water partition coefficient (Wildman–Crippen LogP) is 15.8. The van der Waals surface area contributed by atoms with Gasteiger partial charge in [-0.2, -0.15) is 0 Å². The molecule has 6 aliphatic heterocycles. The Balaban J connectivity index is 0.000000124. The monoisotopic (exact) mass is 1100 g/mol. The van der Waals surface area contributed by atoms with Crippen LogP contribution >= 0.6 is 0 Å². The molecule has 6 heterocycles. The molecule has 0 aliphatic carbocycles. The van der Waals surface area contributed by atoms with Gasteiger partial charge in [0.1, 0.15) is 39.6 Å². The van der Waals surface area contributed by atoms with Crippen LogP contribution in [0.25, 0.3) is 10.8 Å². The Morgan fingerprint density at radius 3 is 0.778 bits per heavy atom. The highest BCUT2D eigenvalue weighted by Gasteiger charge is 2.19. The molecule has 0 bridgehead atoms. The van der Waals surface area contributed by atoms with E-state index in [1.54, 1.807) is 0 Å². The van der Waals surface area contributed by atoms with Crippen LogP contribution in [0.15, 0.2) is 109 Å². The Bertz CT molecular complexity index is 3260. The van der Waals surface area contributed by atoms with Gasteiger partial charge in [0.25, 0.3) is 0 Å². The maximum Gasteiger partial charge on any atom is 0.231 e. The van der Waals surface area contributed by atoms with Gasteiger partial charge in [0.2, 0.25) is 20.4 Å². The van der Waals surface area contributed by atoms with Crippen LogP contribution in [0.5, 0.6) is 69.0 Å². The molecular formula is C69H78O12.